The number of anilines is 1. The fourth-order valence-electron chi connectivity index (χ4n) is 3.54. The van der Waals surface area contributed by atoms with Crippen LogP contribution in [0, 0.1) is 12.7 Å². The van der Waals surface area contributed by atoms with Gasteiger partial charge in [-0.25, -0.2) is 9.18 Å². The highest BCUT2D eigenvalue weighted by Crippen LogP contribution is 2.30. The summed E-state index contributed by atoms with van der Waals surface area (Å²) < 4.78 is 15.3. The van der Waals surface area contributed by atoms with Gasteiger partial charge in [0.1, 0.15) is 5.82 Å². The molecule has 4 rings (SSSR count). The number of hydrogen-bond donors (Lipinski definition) is 1. The zero-order valence-corrected chi connectivity index (χ0v) is 15.6. The number of aromatic nitrogens is 1. The van der Waals surface area contributed by atoms with Crippen LogP contribution in [0.5, 0.6) is 0 Å². The second-order valence-corrected chi connectivity index (χ2v) is 7.04. The SMILES string of the molecule is Cc1cc2ccn(C)c2cc1NC(=O)N1C=CC(=O)CC1c1ccc(F)cc1. The second kappa shape index (κ2) is 6.96. The molecule has 6 heteroatoms. The Balaban J connectivity index is 1.64. The Bertz CT molecular complexity index is 1100. The first-order chi connectivity index (χ1) is 13.4. The molecular formula is C22H20FN3O2. The van der Waals surface area contributed by atoms with E-state index in [2.05, 4.69) is 5.32 Å². The standard InChI is InChI=1S/C22H20FN3O2/c1-14-11-16-7-9-25(2)20(16)13-19(14)24-22(28)26-10-8-18(27)12-21(26)15-3-5-17(23)6-4-15/h3-11,13,21H,12H2,1-2H3,(H,24,28). The molecule has 1 aliphatic rings. The monoisotopic (exact) mass is 377 g/mol. The number of urea groups is 1. The molecule has 0 fully saturated rings. The predicted octanol–water partition coefficient (Wildman–Crippen LogP) is 4.69. The van der Waals surface area contributed by atoms with Gasteiger partial charge in [-0.1, -0.05) is 12.1 Å². The Kier molecular flexibility index (Phi) is 4.47. The van der Waals surface area contributed by atoms with Crippen molar-refractivity contribution >= 4 is 28.4 Å². The van der Waals surface area contributed by atoms with Crippen molar-refractivity contribution in [3.05, 3.63) is 77.9 Å². The number of ketones is 1. The molecular weight excluding hydrogens is 357 g/mol. The van der Waals surface area contributed by atoms with E-state index in [9.17, 15) is 14.0 Å². The molecule has 0 spiro atoms. The summed E-state index contributed by atoms with van der Waals surface area (Å²) in [6, 6.07) is 11.1. The third kappa shape index (κ3) is 3.29. The minimum absolute atomic E-state index is 0.0696. The number of nitrogens with one attached hydrogen (secondary N) is 1. The Morgan fingerprint density at radius 1 is 1.18 bits per heavy atom. The van der Waals surface area contributed by atoms with Gasteiger partial charge in [-0.2, -0.15) is 0 Å². The third-order valence-corrected chi connectivity index (χ3v) is 5.11. The number of amides is 2. The number of halogens is 1. The Morgan fingerprint density at radius 3 is 2.68 bits per heavy atom. The molecule has 1 atom stereocenters. The van der Waals surface area contributed by atoms with E-state index < -0.39 is 6.04 Å². The fraction of sp³-hybridized carbons (Fsp3) is 0.182. The first kappa shape index (κ1) is 18.0. The number of carbonyl (C=O) groups excluding carboxylic acids is 2. The van der Waals surface area contributed by atoms with Crippen molar-refractivity contribution in [2.45, 2.75) is 19.4 Å². The summed E-state index contributed by atoms with van der Waals surface area (Å²) in [5.74, 6) is -0.427. The largest absolute Gasteiger partial charge is 0.350 e. The van der Waals surface area contributed by atoms with Crippen LogP contribution in [-0.4, -0.2) is 21.3 Å². The molecule has 5 nitrogen and oxygen atoms in total. The van der Waals surface area contributed by atoms with Crippen molar-refractivity contribution in [2.24, 2.45) is 7.05 Å². The van der Waals surface area contributed by atoms with E-state index in [1.807, 2.05) is 42.9 Å². The summed E-state index contributed by atoms with van der Waals surface area (Å²) in [4.78, 5) is 26.4. The number of rotatable bonds is 2. The summed E-state index contributed by atoms with van der Waals surface area (Å²) in [6.45, 7) is 1.94. The van der Waals surface area contributed by atoms with Gasteiger partial charge in [-0.05, 0) is 59.8 Å². The van der Waals surface area contributed by atoms with Crippen LogP contribution in [0.2, 0.25) is 0 Å². The van der Waals surface area contributed by atoms with E-state index in [-0.39, 0.29) is 24.1 Å². The number of allylic oxidation sites excluding steroid dienone is 1. The molecule has 142 valence electrons. The molecule has 0 aliphatic carbocycles. The van der Waals surface area contributed by atoms with E-state index >= 15 is 0 Å². The van der Waals surface area contributed by atoms with Crippen LogP contribution in [0.15, 0.2) is 60.9 Å². The number of nitrogens with zero attached hydrogens (tertiary/aromatic N) is 2. The molecule has 1 N–H and O–H groups in total. The van der Waals surface area contributed by atoms with Gasteiger partial charge in [0.05, 0.1) is 6.04 Å². The van der Waals surface area contributed by atoms with Crippen molar-refractivity contribution in [3.8, 4) is 0 Å². The van der Waals surface area contributed by atoms with Crippen molar-refractivity contribution in [2.75, 3.05) is 5.32 Å². The topological polar surface area (TPSA) is 54.3 Å². The molecule has 0 saturated heterocycles. The number of fused-ring (bicyclic) bond motifs is 1. The Labute approximate surface area is 162 Å². The zero-order chi connectivity index (χ0) is 19.8. The van der Waals surface area contributed by atoms with Gasteiger partial charge in [-0.15, -0.1) is 0 Å². The van der Waals surface area contributed by atoms with Crippen molar-refractivity contribution in [3.63, 3.8) is 0 Å². The maximum atomic E-state index is 13.3. The van der Waals surface area contributed by atoms with Gasteiger partial charge in [0.15, 0.2) is 5.78 Å². The second-order valence-electron chi connectivity index (χ2n) is 7.04. The average Bonchev–Trinajstić information content (AvgIpc) is 3.02. The van der Waals surface area contributed by atoms with E-state index in [0.29, 0.717) is 11.3 Å². The Hall–Kier alpha value is -3.41. The lowest BCUT2D eigenvalue weighted by Gasteiger charge is -2.31. The van der Waals surface area contributed by atoms with Gasteiger partial charge in [-0.3, -0.25) is 9.69 Å². The smallest absolute Gasteiger partial charge is 0.326 e. The van der Waals surface area contributed by atoms with E-state index in [0.717, 1.165) is 16.5 Å². The van der Waals surface area contributed by atoms with E-state index in [1.165, 1.54) is 29.3 Å². The number of carbonyl (C=O) groups is 2. The summed E-state index contributed by atoms with van der Waals surface area (Å²) in [5, 5.41) is 4.05. The summed E-state index contributed by atoms with van der Waals surface area (Å²) >= 11 is 0. The number of aryl methyl sites for hydroxylation is 2. The maximum absolute atomic E-state index is 13.3. The highest BCUT2D eigenvalue weighted by Gasteiger charge is 2.29. The van der Waals surface area contributed by atoms with Crippen LogP contribution in [0.4, 0.5) is 14.9 Å². The molecule has 2 aromatic carbocycles. The lowest BCUT2D eigenvalue weighted by atomic mass is 9.97. The first-order valence-corrected chi connectivity index (χ1v) is 9.04. The number of benzene rings is 2. The molecule has 0 saturated carbocycles. The van der Waals surface area contributed by atoms with Crippen molar-refractivity contribution in [1.82, 2.24) is 9.47 Å². The van der Waals surface area contributed by atoms with Crippen LogP contribution in [0.25, 0.3) is 10.9 Å². The van der Waals surface area contributed by atoms with Gasteiger partial charge in [0, 0.05) is 37.1 Å². The lowest BCUT2D eigenvalue weighted by Crippen LogP contribution is -2.37. The predicted molar refractivity (Wildman–Crippen MR) is 106 cm³/mol. The highest BCUT2D eigenvalue weighted by molar-refractivity contribution is 5.97. The molecule has 28 heavy (non-hydrogen) atoms. The molecule has 3 aromatic rings. The minimum atomic E-state index is -0.475. The number of hydrogen-bond acceptors (Lipinski definition) is 2. The zero-order valence-electron chi connectivity index (χ0n) is 15.6. The molecule has 1 aliphatic heterocycles. The van der Waals surface area contributed by atoms with E-state index in [1.54, 1.807) is 12.1 Å². The van der Waals surface area contributed by atoms with E-state index in [4.69, 9.17) is 0 Å². The van der Waals surface area contributed by atoms with Crippen molar-refractivity contribution < 1.29 is 14.0 Å². The van der Waals surface area contributed by atoms with Crippen LogP contribution >= 0.6 is 0 Å². The van der Waals surface area contributed by atoms with Crippen LogP contribution < -0.4 is 5.32 Å². The molecule has 1 aromatic heterocycles. The molecule has 2 heterocycles. The van der Waals surface area contributed by atoms with Crippen LogP contribution in [-0.2, 0) is 11.8 Å². The summed E-state index contributed by atoms with van der Waals surface area (Å²) in [6.07, 6.45) is 5.02. The highest BCUT2D eigenvalue weighted by atomic mass is 19.1. The van der Waals surface area contributed by atoms with Crippen LogP contribution in [0.1, 0.15) is 23.6 Å². The summed E-state index contributed by atoms with van der Waals surface area (Å²) in [7, 11) is 1.95. The van der Waals surface area contributed by atoms with Gasteiger partial charge < -0.3 is 9.88 Å². The maximum Gasteiger partial charge on any atom is 0.326 e. The normalized spacial score (nSPS) is 16.6. The average molecular weight is 377 g/mol. The molecule has 0 radical (unpaired) electrons. The van der Waals surface area contributed by atoms with Gasteiger partial charge in [0.25, 0.3) is 0 Å². The first-order valence-electron chi connectivity index (χ1n) is 9.04. The fourth-order valence-corrected chi connectivity index (χ4v) is 3.54. The summed E-state index contributed by atoms with van der Waals surface area (Å²) in [5.41, 5.74) is 3.38. The lowest BCUT2D eigenvalue weighted by molar-refractivity contribution is -0.116. The molecule has 1 unspecified atom stereocenters. The minimum Gasteiger partial charge on any atom is -0.350 e. The van der Waals surface area contributed by atoms with Crippen molar-refractivity contribution in [1.29, 1.82) is 0 Å². The quantitative estimate of drug-likeness (QED) is 0.705. The molecule has 2 amide bonds. The Morgan fingerprint density at radius 2 is 1.93 bits per heavy atom. The molecule has 0 bridgehead atoms. The third-order valence-electron chi connectivity index (χ3n) is 5.11. The van der Waals surface area contributed by atoms with Gasteiger partial charge in [0.2, 0.25) is 0 Å². The van der Waals surface area contributed by atoms with Gasteiger partial charge >= 0.3 is 6.03 Å². The van der Waals surface area contributed by atoms with Crippen LogP contribution in [0.3, 0.4) is 0 Å².